The molecule has 3 heterocycles. The Balaban J connectivity index is 1.69. The first-order chi connectivity index (χ1) is 18.2. The van der Waals surface area contributed by atoms with Crippen LogP contribution >= 0.6 is 22.9 Å². The van der Waals surface area contributed by atoms with Crippen LogP contribution in [0.5, 0.6) is 0 Å². The monoisotopic (exact) mass is 545 g/mol. The number of carbonyl (C=O) groups excluding carboxylic acids is 1. The summed E-state index contributed by atoms with van der Waals surface area (Å²) in [7, 11) is 0. The summed E-state index contributed by atoms with van der Waals surface area (Å²) in [5.41, 5.74) is 5.99. The number of aryl methyl sites for hydroxylation is 3. The highest BCUT2D eigenvalue weighted by Gasteiger charge is 2.32. The van der Waals surface area contributed by atoms with Crippen LogP contribution in [-0.4, -0.2) is 20.3 Å². The van der Waals surface area contributed by atoms with Crippen LogP contribution in [0.25, 0.3) is 6.08 Å². The minimum Gasteiger partial charge on any atom is -0.322 e. The Morgan fingerprint density at radius 1 is 1.11 bits per heavy atom. The molecule has 0 aliphatic carbocycles. The van der Waals surface area contributed by atoms with Crippen LogP contribution < -0.4 is 20.2 Å². The number of thiazole rings is 1. The van der Waals surface area contributed by atoms with Crippen LogP contribution in [0.2, 0.25) is 5.02 Å². The Kier molecular flexibility index (Phi) is 6.94. The first-order valence-electron chi connectivity index (χ1n) is 12.4. The van der Waals surface area contributed by atoms with Crippen LogP contribution in [0.1, 0.15) is 48.0 Å². The van der Waals surface area contributed by atoms with Gasteiger partial charge in [-0.25, -0.2) is 4.99 Å². The van der Waals surface area contributed by atoms with E-state index in [2.05, 4.69) is 10.4 Å². The van der Waals surface area contributed by atoms with Gasteiger partial charge in [-0.3, -0.25) is 18.8 Å². The topological polar surface area (TPSA) is 81.3 Å². The van der Waals surface area contributed by atoms with Crippen molar-refractivity contribution in [3.63, 3.8) is 0 Å². The van der Waals surface area contributed by atoms with Crippen molar-refractivity contribution in [2.75, 3.05) is 5.32 Å². The maximum Gasteiger partial charge on any atom is 0.271 e. The minimum atomic E-state index is -0.657. The van der Waals surface area contributed by atoms with Gasteiger partial charge in [0.1, 0.15) is 0 Å². The molecule has 1 aliphatic heterocycles. The molecule has 1 aliphatic rings. The van der Waals surface area contributed by atoms with Gasteiger partial charge in [-0.2, -0.15) is 5.10 Å². The van der Waals surface area contributed by atoms with Crippen LogP contribution in [-0.2, 0) is 11.3 Å². The van der Waals surface area contributed by atoms with Crippen LogP contribution in [0.4, 0.5) is 5.69 Å². The molecule has 1 amide bonds. The molecule has 0 fully saturated rings. The third-order valence-corrected chi connectivity index (χ3v) is 8.09. The predicted octanol–water partition coefficient (Wildman–Crippen LogP) is 4.67. The van der Waals surface area contributed by atoms with Gasteiger partial charge < -0.3 is 5.32 Å². The van der Waals surface area contributed by atoms with Gasteiger partial charge in [0.05, 0.1) is 27.5 Å². The van der Waals surface area contributed by atoms with Crippen molar-refractivity contribution in [1.29, 1.82) is 0 Å². The SMILES string of the molecule is CCn1nc(C)c(/C=c2/sc3n(c2=O)[C@@H](c2ccc(Cl)cc2)C(C(=O)Nc2ccccc2C)=C(C)N=3)c1C. The number of benzene rings is 2. The van der Waals surface area contributed by atoms with E-state index in [1.807, 2.05) is 81.8 Å². The zero-order valence-electron chi connectivity index (χ0n) is 21.9. The molecule has 2 aromatic carbocycles. The van der Waals surface area contributed by atoms with Crippen LogP contribution in [0, 0.1) is 20.8 Å². The lowest BCUT2D eigenvalue weighted by Crippen LogP contribution is -2.40. The molecule has 9 heteroatoms. The fraction of sp³-hybridized carbons (Fsp3) is 0.241. The number of nitrogens with one attached hydrogen (secondary N) is 1. The average molecular weight is 546 g/mol. The zero-order chi connectivity index (χ0) is 27.1. The number of aromatic nitrogens is 3. The molecule has 0 saturated heterocycles. The van der Waals surface area contributed by atoms with E-state index in [9.17, 15) is 9.59 Å². The smallest absolute Gasteiger partial charge is 0.271 e. The molecule has 0 unspecified atom stereocenters. The molecular weight excluding hydrogens is 518 g/mol. The van der Waals surface area contributed by atoms with Gasteiger partial charge in [0.25, 0.3) is 11.5 Å². The van der Waals surface area contributed by atoms with Gasteiger partial charge in [0, 0.05) is 28.5 Å². The fourth-order valence-electron chi connectivity index (χ4n) is 4.83. The number of para-hydroxylation sites is 1. The van der Waals surface area contributed by atoms with Crippen molar-refractivity contribution in [3.05, 3.63) is 113 Å². The first-order valence-corrected chi connectivity index (χ1v) is 13.6. The number of fused-ring (bicyclic) bond motifs is 1. The lowest BCUT2D eigenvalue weighted by molar-refractivity contribution is -0.113. The van der Waals surface area contributed by atoms with Crippen molar-refractivity contribution >= 4 is 40.6 Å². The van der Waals surface area contributed by atoms with E-state index in [1.54, 1.807) is 16.7 Å². The quantitative estimate of drug-likeness (QED) is 0.396. The molecule has 4 aromatic rings. The summed E-state index contributed by atoms with van der Waals surface area (Å²) in [6, 6.07) is 14.2. The Morgan fingerprint density at radius 2 is 1.82 bits per heavy atom. The number of carbonyl (C=O) groups is 1. The maximum atomic E-state index is 13.9. The molecule has 38 heavy (non-hydrogen) atoms. The zero-order valence-corrected chi connectivity index (χ0v) is 23.4. The second kappa shape index (κ2) is 10.2. The molecule has 7 nitrogen and oxygen atoms in total. The van der Waals surface area contributed by atoms with Crippen molar-refractivity contribution in [2.45, 2.75) is 47.2 Å². The third-order valence-electron chi connectivity index (χ3n) is 6.86. The van der Waals surface area contributed by atoms with Gasteiger partial charge in [0.2, 0.25) is 0 Å². The van der Waals surface area contributed by atoms with E-state index in [1.165, 1.54) is 11.3 Å². The van der Waals surface area contributed by atoms with Crippen molar-refractivity contribution < 1.29 is 4.79 Å². The Hall–Kier alpha value is -3.75. The molecule has 0 saturated carbocycles. The normalized spacial score (nSPS) is 15.4. The Bertz CT molecular complexity index is 1780. The largest absolute Gasteiger partial charge is 0.322 e. The molecule has 5 rings (SSSR count). The highest BCUT2D eigenvalue weighted by molar-refractivity contribution is 7.07. The summed E-state index contributed by atoms with van der Waals surface area (Å²) in [5.74, 6) is -0.300. The van der Waals surface area contributed by atoms with Crippen molar-refractivity contribution in [1.82, 2.24) is 14.3 Å². The summed E-state index contributed by atoms with van der Waals surface area (Å²) >= 11 is 7.50. The van der Waals surface area contributed by atoms with Crippen LogP contribution in [0.15, 0.2) is 69.6 Å². The van der Waals surface area contributed by atoms with E-state index in [0.717, 1.165) is 34.6 Å². The van der Waals surface area contributed by atoms with Gasteiger partial charge in [-0.1, -0.05) is 53.3 Å². The standard InChI is InChI=1S/C29H28ClN5O2S/c1-6-34-19(5)22(17(3)33-34)15-24-28(37)35-26(20-11-13-21(30)14-12-20)25(18(4)31-29(35)38-24)27(36)32-23-10-8-7-9-16(23)2/h7-15,26H,6H2,1-5H3,(H,32,36)/b24-15+/t26-/m0/s1. The molecule has 1 N–H and O–H groups in total. The predicted molar refractivity (Wildman–Crippen MR) is 152 cm³/mol. The Labute approximate surface area is 229 Å². The third kappa shape index (κ3) is 4.54. The molecule has 1 atom stereocenters. The van der Waals surface area contributed by atoms with Gasteiger partial charge >= 0.3 is 0 Å². The molecule has 2 aromatic heterocycles. The second-order valence-corrected chi connectivity index (χ2v) is 10.7. The average Bonchev–Trinajstić information content (AvgIpc) is 3.35. The summed E-state index contributed by atoms with van der Waals surface area (Å²) in [6.07, 6.45) is 1.89. The summed E-state index contributed by atoms with van der Waals surface area (Å²) in [4.78, 5) is 32.9. The van der Waals surface area contributed by atoms with Gasteiger partial charge in [-0.15, -0.1) is 0 Å². The molecule has 0 spiro atoms. The fourth-order valence-corrected chi connectivity index (χ4v) is 5.99. The molecule has 0 radical (unpaired) electrons. The minimum absolute atomic E-state index is 0.203. The second-order valence-electron chi connectivity index (χ2n) is 9.30. The highest BCUT2D eigenvalue weighted by Crippen LogP contribution is 2.31. The van der Waals surface area contributed by atoms with E-state index >= 15 is 0 Å². The van der Waals surface area contributed by atoms with Crippen molar-refractivity contribution in [2.24, 2.45) is 4.99 Å². The summed E-state index contributed by atoms with van der Waals surface area (Å²) in [5, 5.41) is 8.19. The summed E-state index contributed by atoms with van der Waals surface area (Å²) < 4.78 is 4.08. The van der Waals surface area contributed by atoms with E-state index in [0.29, 0.717) is 31.3 Å². The van der Waals surface area contributed by atoms with E-state index in [4.69, 9.17) is 16.6 Å². The van der Waals surface area contributed by atoms with Crippen molar-refractivity contribution in [3.8, 4) is 0 Å². The Morgan fingerprint density at radius 3 is 2.47 bits per heavy atom. The number of rotatable bonds is 5. The number of halogens is 1. The number of nitrogens with zero attached hydrogens (tertiary/aromatic N) is 4. The summed E-state index contributed by atoms with van der Waals surface area (Å²) in [6.45, 7) is 10.5. The molecule has 194 valence electrons. The number of allylic oxidation sites excluding steroid dienone is 1. The number of amides is 1. The van der Waals surface area contributed by atoms with Crippen LogP contribution in [0.3, 0.4) is 0 Å². The van der Waals surface area contributed by atoms with Gasteiger partial charge in [-0.05, 0) is 70.0 Å². The first kappa shape index (κ1) is 25.9. The number of hydrogen-bond acceptors (Lipinski definition) is 5. The molecular formula is C29H28ClN5O2S. The van der Waals surface area contributed by atoms with E-state index < -0.39 is 6.04 Å². The number of anilines is 1. The lowest BCUT2D eigenvalue weighted by atomic mass is 9.95. The lowest BCUT2D eigenvalue weighted by Gasteiger charge is -2.25. The molecule has 0 bridgehead atoms. The van der Waals surface area contributed by atoms with E-state index in [-0.39, 0.29) is 11.5 Å². The maximum absolute atomic E-state index is 13.9. The highest BCUT2D eigenvalue weighted by atomic mass is 35.5. The van der Waals surface area contributed by atoms with Gasteiger partial charge in [0.15, 0.2) is 4.80 Å². The number of hydrogen-bond donors (Lipinski definition) is 1.